The molecule has 7 atom stereocenters. The van der Waals surface area contributed by atoms with Crippen molar-refractivity contribution in [2.75, 3.05) is 17.3 Å². The SMILES string of the molecule is CCCC1(C)C(C)Cc2c(cc3c(c2-c2cc(C(C)(C)C)cc(C(C)(C)C)c2)CCC3)C1S(CC)(CC)CC(C)C(C)C(C)C(C)CC. The minimum Gasteiger partial charge on any atom is -0.234 e. The molecule has 1 heteroatoms. The molecule has 0 saturated heterocycles. The first-order chi connectivity index (χ1) is 22.3. The Hall–Kier alpha value is -1.21. The fraction of sp³-hybridized carbons (Fsp3) is 0.745. The van der Waals surface area contributed by atoms with Gasteiger partial charge >= 0.3 is 0 Å². The average molecular weight is 675 g/mol. The van der Waals surface area contributed by atoms with Crippen LogP contribution in [-0.4, -0.2) is 17.3 Å². The van der Waals surface area contributed by atoms with Gasteiger partial charge in [0.1, 0.15) is 0 Å². The molecule has 0 heterocycles. The van der Waals surface area contributed by atoms with Crippen molar-refractivity contribution in [2.24, 2.45) is 35.0 Å². The molecular formula is C47H78S. The Morgan fingerprint density at radius 2 is 1.33 bits per heavy atom. The van der Waals surface area contributed by atoms with E-state index in [1.54, 1.807) is 27.8 Å². The largest absolute Gasteiger partial charge is 0.234 e. The highest BCUT2D eigenvalue weighted by Crippen LogP contribution is 2.72. The molecule has 2 aliphatic carbocycles. The van der Waals surface area contributed by atoms with Crippen molar-refractivity contribution in [1.29, 1.82) is 0 Å². The van der Waals surface area contributed by atoms with Crippen LogP contribution in [-0.2, 0) is 30.1 Å². The lowest BCUT2D eigenvalue weighted by Gasteiger charge is -2.60. The Bertz CT molecular complexity index is 1360. The lowest BCUT2D eigenvalue weighted by Crippen LogP contribution is -2.43. The quantitative estimate of drug-likeness (QED) is 0.210. The van der Waals surface area contributed by atoms with Crippen LogP contribution < -0.4 is 0 Å². The molecule has 0 aliphatic heterocycles. The topological polar surface area (TPSA) is 0 Å². The number of hydrogen-bond acceptors (Lipinski definition) is 0. The third kappa shape index (κ3) is 7.39. The van der Waals surface area contributed by atoms with Crippen LogP contribution in [0.4, 0.5) is 0 Å². The molecule has 0 radical (unpaired) electrons. The van der Waals surface area contributed by atoms with Gasteiger partial charge in [0.15, 0.2) is 0 Å². The van der Waals surface area contributed by atoms with E-state index < -0.39 is 10.0 Å². The predicted octanol–water partition coefficient (Wildman–Crippen LogP) is 14.3. The summed E-state index contributed by atoms with van der Waals surface area (Å²) in [4.78, 5) is 0. The summed E-state index contributed by atoms with van der Waals surface area (Å²) in [5.74, 6) is 7.90. The first-order valence-electron chi connectivity index (χ1n) is 20.4. The molecule has 0 amide bonds. The molecule has 272 valence electrons. The molecule has 2 aromatic carbocycles. The third-order valence-corrected chi connectivity index (χ3v) is 19.6. The summed E-state index contributed by atoms with van der Waals surface area (Å²) >= 11 is 0. The van der Waals surface area contributed by atoms with Crippen LogP contribution >= 0.6 is 10.0 Å². The smallest absolute Gasteiger partial charge is 0.0200 e. The maximum Gasteiger partial charge on any atom is 0.0200 e. The molecule has 7 unspecified atom stereocenters. The van der Waals surface area contributed by atoms with Gasteiger partial charge in [0.2, 0.25) is 0 Å². The summed E-state index contributed by atoms with van der Waals surface area (Å²) in [7, 11) is -0.940. The van der Waals surface area contributed by atoms with Crippen LogP contribution in [0.25, 0.3) is 11.1 Å². The Labute approximate surface area is 301 Å². The van der Waals surface area contributed by atoms with Crippen molar-refractivity contribution < 1.29 is 0 Å². The van der Waals surface area contributed by atoms with Crippen molar-refractivity contribution in [3.63, 3.8) is 0 Å². The van der Waals surface area contributed by atoms with Gasteiger partial charge in [0.05, 0.1) is 0 Å². The van der Waals surface area contributed by atoms with Gasteiger partial charge < -0.3 is 0 Å². The van der Waals surface area contributed by atoms with E-state index in [4.69, 9.17) is 0 Å². The summed E-state index contributed by atoms with van der Waals surface area (Å²) in [5, 5.41) is 0.671. The summed E-state index contributed by atoms with van der Waals surface area (Å²) in [5.41, 5.74) is 13.7. The average Bonchev–Trinajstić information content (AvgIpc) is 3.49. The number of benzene rings is 2. The molecule has 0 bridgehead atoms. The highest BCUT2D eigenvalue weighted by Gasteiger charge is 2.52. The zero-order chi connectivity index (χ0) is 36.0. The zero-order valence-electron chi connectivity index (χ0n) is 34.8. The number of fused-ring (bicyclic) bond motifs is 2. The predicted molar refractivity (Wildman–Crippen MR) is 220 cm³/mol. The Kier molecular flexibility index (Phi) is 12.2. The van der Waals surface area contributed by atoms with E-state index in [1.807, 2.05) is 0 Å². The van der Waals surface area contributed by atoms with E-state index in [1.165, 1.54) is 78.9 Å². The summed E-state index contributed by atoms with van der Waals surface area (Å²) in [6.07, 6.45) is 8.97. The molecule has 0 N–H and O–H groups in total. The van der Waals surface area contributed by atoms with Crippen molar-refractivity contribution in [1.82, 2.24) is 0 Å². The minimum atomic E-state index is -0.940. The van der Waals surface area contributed by atoms with E-state index in [9.17, 15) is 0 Å². The van der Waals surface area contributed by atoms with Gasteiger partial charge in [-0.1, -0.05) is 148 Å². The molecule has 4 rings (SSSR count). The Balaban J connectivity index is 2.04. The molecule has 48 heavy (non-hydrogen) atoms. The summed E-state index contributed by atoms with van der Waals surface area (Å²) in [6, 6.07) is 10.6. The first-order valence-corrected chi connectivity index (χ1v) is 22.6. The maximum absolute atomic E-state index is 2.83. The van der Waals surface area contributed by atoms with Gasteiger partial charge in [-0.3, -0.25) is 0 Å². The molecule has 2 aromatic rings. The molecular weight excluding hydrogens is 597 g/mol. The van der Waals surface area contributed by atoms with Crippen molar-refractivity contribution in [3.05, 3.63) is 57.6 Å². The second-order valence-corrected chi connectivity index (χ2v) is 23.5. The third-order valence-electron chi connectivity index (χ3n) is 14.3. The van der Waals surface area contributed by atoms with Gasteiger partial charge in [-0.15, -0.1) is 0 Å². The number of rotatable bonds is 12. The molecule has 0 spiro atoms. The Morgan fingerprint density at radius 3 is 1.83 bits per heavy atom. The van der Waals surface area contributed by atoms with Gasteiger partial charge in [-0.25, -0.2) is 10.0 Å². The molecule has 0 nitrogen and oxygen atoms in total. The highest BCUT2D eigenvalue weighted by atomic mass is 32.3. The second-order valence-electron chi connectivity index (χ2n) is 19.3. The molecule has 0 saturated carbocycles. The van der Waals surface area contributed by atoms with Crippen LogP contribution in [0.15, 0.2) is 24.3 Å². The van der Waals surface area contributed by atoms with Gasteiger partial charge in [0.25, 0.3) is 0 Å². The number of hydrogen-bond donors (Lipinski definition) is 0. The van der Waals surface area contributed by atoms with Gasteiger partial charge in [-0.2, -0.15) is 0 Å². The second kappa shape index (κ2) is 14.8. The fourth-order valence-electron chi connectivity index (χ4n) is 10.1. The monoisotopic (exact) mass is 675 g/mol. The van der Waals surface area contributed by atoms with Crippen molar-refractivity contribution in [2.45, 2.75) is 172 Å². The molecule has 0 aromatic heterocycles. The van der Waals surface area contributed by atoms with E-state index in [2.05, 4.69) is 135 Å². The molecule has 2 aliphatic rings. The van der Waals surface area contributed by atoms with Crippen LogP contribution in [0.3, 0.4) is 0 Å². The van der Waals surface area contributed by atoms with Gasteiger partial charge in [0, 0.05) is 5.25 Å². The molecule has 0 fully saturated rings. The van der Waals surface area contributed by atoms with Crippen LogP contribution in [0.1, 0.15) is 175 Å². The van der Waals surface area contributed by atoms with E-state index in [-0.39, 0.29) is 10.8 Å². The van der Waals surface area contributed by atoms with Crippen molar-refractivity contribution >= 4 is 10.0 Å². The summed E-state index contributed by atoms with van der Waals surface area (Å²) < 4.78 is 0. The van der Waals surface area contributed by atoms with Crippen LogP contribution in [0.2, 0.25) is 0 Å². The van der Waals surface area contributed by atoms with Crippen molar-refractivity contribution in [3.8, 4) is 11.1 Å². The highest BCUT2D eigenvalue weighted by molar-refractivity contribution is 8.33. The Morgan fingerprint density at radius 1 is 0.771 bits per heavy atom. The first kappa shape index (κ1) is 39.6. The lowest BCUT2D eigenvalue weighted by molar-refractivity contribution is 0.158. The zero-order valence-corrected chi connectivity index (χ0v) is 35.6. The van der Waals surface area contributed by atoms with E-state index >= 15 is 0 Å². The fourth-order valence-corrected chi connectivity index (χ4v) is 15.4. The summed E-state index contributed by atoms with van der Waals surface area (Å²) in [6.45, 7) is 40.2. The van der Waals surface area contributed by atoms with E-state index in [0.29, 0.717) is 16.6 Å². The van der Waals surface area contributed by atoms with Crippen LogP contribution in [0.5, 0.6) is 0 Å². The van der Waals surface area contributed by atoms with E-state index in [0.717, 1.165) is 23.7 Å². The lowest BCUT2D eigenvalue weighted by atomic mass is 9.62. The maximum atomic E-state index is 2.83. The van der Waals surface area contributed by atoms with Gasteiger partial charge in [-0.05, 0) is 140 Å². The number of aryl methyl sites for hydroxylation is 1. The normalized spacial score (nSPS) is 24.5. The minimum absolute atomic E-state index is 0.118. The standard InChI is InChI=1S/C47H78S/c1-17-24-47(16)33(7)25-41-42(44(47)48(19-3,20-4)30-32(6)35(9)34(8)31(5)18-2)28-36-22-21-23-40(36)43(41)37-26-38(45(10,11)12)29-39(27-37)46(13,14)15/h26-29,31-35,44H,17-25,30H2,1-16H3. The van der Waals surface area contributed by atoms with Crippen LogP contribution in [0, 0.1) is 35.0 Å².